The first-order valence-electron chi connectivity index (χ1n) is 12.1. The number of nitrogens with zero attached hydrogens (tertiary/aromatic N) is 5. The number of nitrogens with one attached hydrogen (secondary N) is 1. The molecule has 5 heterocycles. The number of likely N-dealkylation sites (tertiary alicyclic amines) is 1. The normalized spacial score (nSPS) is 15.8. The molecule has 0 spiro atoms. The molecule has 6 rings (SSSR count). The minimum Gasteiger partial charge on any atom is -0.354 e. The van der Waals surface area contributed by atoms with Crippen molar-refractivity contribution < 1.29 is 0 Å². The van der Waals surface area contributed by atoms with Crippen molar-refractivity contribution in [1.82, 2.24) is 29.5 Å². The van der Waals surface area contributed by atoms with Gasteiger partial charge in [-0.15, -0.1) is 11.3 Å². The van der Waals surface area contributed by atoms with E-state index in [4.69, 9.17) is 0 Å². The minimum absolute atomic E-state index is 0.408. The third-order valence-corrected chi connectivity index (χ3v) is 7.85. The van der Waals surface area contributed by atoms with E-state index in [-0.39, 0.29) is 0 Å². The van der Waals surface area contributed by atoms with Gasteiger partial charge in [-0.05, 0) is 79.6 Å². The van der Waals surface area contributed by atoms with E-state index in [1.807, 2.05) is 10.0 Å². The largest absolute Gasteiger partial charge is 0.354 e. The number of hydrogen-bond donors (Lipinski definition) is 1. The van der Waals surface area contributed by atoms with Crippen molar-refractivity contribution in [2.75, 3.05) is 13.1 Å². The summed E-state index contributed by atoms with van der Waals surface area (Å²) < 4.78 is 1.88. The van der Waals surface area contributed by atoms with Crippen LogP contribution in [0.2, 0.25) is 0 Å². The van der Waals surface area contributed by atoms with Gasteiger partial charge in [-0.1, -0.05) is 19.9 Å². The van der Waals surface area contributed by atoms with E-state index in [0.29, 0.717) is 11.8 Å². The molecule has 34 heavy (non-hydrogen) atoms. The molecule has 7 heteroatoms. The molecule has 0 amide bonds. The van der Waals surface area contributed by atoms with Gasteiger partial charge in [0.15, 0.2) is 5.65 Å². The molecule has 0 aliphatic carbocycles. The summed E-state index contributed by atoms with van der Waals surface area (Å²) in [6.45, 7) is 9.92. The van der Waals surface area contributed by atoms with Crippen LogP contribution in [0.5, 0.6) is 0 Å². The summed E-state index contributed by atoms with van der Waals surface area (Å²) in [7, 11) is 0. The van der Waals surface area contributed by atoms with Gasteiger partial charge < -0.3 is 4.98 Å². The van der Waals surface area contributed by atoms with Crippen LogP contribution in [0.4, 0.5) is 0 Å². The number of aromatic amines is 1. The summed E-state index contributed by atoms with van der Waals surface area (Å²) in [5, 5.41) is 7.90. The molecule has 0 saturated carbocycles. The second-order valence-electron chi connectivity index (χ2n) is 9.84. The fourth-order valence-electron chi connectivity index (χ4n) is 5.51. The Bertz CT molecular complexity index is 1440. The minimum atomic E-state index is 0.408. The third-order valence-electron chi connectivity index (χ3n) is 7.22. The lowest BCUT2D eigenvalue weighted by atomic mass is 9.87. The van der Waals surface area contributed by atoms with E-state index < -0.39 is 0 Å². The van der Waals surface area contributed by atoms with Crippen LogP contribution in [0.25, 0.3) is 27.8 Å². The van der Waals surface area contributed by atoms with Crippen molar-refractivity contribution in [3.63, 3.8) is 0 Å². The zero-order chi connectivity index (χ0) is 23.2. The lowest BCUT2D eigenvalue weighted by molar-refractivity contribution is 0.203. The molecule has 4 aromatic heterocycles. The Hall–Kier alpha value is -3.03. The van der Waals surface area contributed by atoms with Crippen molar-refractivity contribution >= 4 is 27.9 Å². The molecule has 0 unspecified atom stereocenters. The van der Waals surface area contributed by atoms with Crippen LogP contribution < -0.4 is 0 Å². The van der Waals surface area contributed by atoms with Gasteiger partial charge in [-0.25, -0.2) is 14.5 Å². The van der Waals surface area contributed by atoms with Crippen LogP contribution in [0.1, 0.15) is 60.9 Å². The standard InChI is InChI=1S/C27H30N6S/c1-17(2)25-23-11-20(19-6-8-32(9-7-19)13-22-14-34-16-29-22)4-5-24(23)31-26(25)21-10-18(3)27-28-15-30-33(27)12-21/h4-5,10-12,14-17,19,31H,6-9,13H2,1-3H3. The van der Waals surface area contributed by atoms with Crippen LogP contribution in [-0.4, -0.2) is 42.6 Å². The molecule has 1 fully saturated rings. The van der Waals surface area contributed by atoms with Gasteiger partial charge in [0, 0.05) is 34.6 Å². The quantitative estimate of drug-likeness (QED) is 0.335. The molecule has 0 bridgehead atoms. The number of aryl methyl sites for hydroxylation is 1. The average Bonchev–Trinajstić information content (AvgIpc) is 3.58. The molecule has 1 aliphatic rings. The Kier molecular flexibility index (Phi) is 5.46. The van der Waals surface area contributed by atoms with Gasteiger partial charge in [0.05, 0.1) is 16.9 Å². The Morgan fingerprint density at radius 1 is 1.15 bits per heavy atom. The average molecular weight is 471 g/mol. The van der Waals surface area contributed by atoms with Gasteiger partial charge in [0.25, 0.3) is 0 Å². The van der Waals surface area contributed by atoms with Crippen LogP contribution >= 0.6 is 11.3 Å². The van der Waals surface area contributed by atoms with E-state index in [1.54, 1.807) is 17.7 Å². The Morgan fingerprint density at radius 2 is 2.00 bits per heavy atom. The van der Waals surface area contributed by atoms with Crippen molar-refractivity contribution in [2.24, 2.45) is 0 Å². The zero-order valence-electron chi connectivity index (χ0n) is 20.0. The van der Waals surface area contributed by atoms with Gasteiger partial charge in [-0.2, -0.15) is 5.10 Å². The summed E-state index contributed by atoms with van der Waals surface area (Å²) in [5.41, 5.74) is 11.6. The summed E-state index contributed by atoms with van der Waals surface area (Å²) in [6.07, 6.45) is 6.11. The van der Waals surface area contributed by atoms with E-state index in [1.165, 1.54) is 46.3 Å². The Balaban J connectivity index is 1.31. The molecule has 5 aromatic rings. The van der Waals surface area contributed by atoms with Crippen LogP contribution in [0, 0.1) is 6.92 Å². The lowest BCUT2D eigenvalue weighted by Gasteiger charge is -2.31. The number of rotatable bonds is 5. The van der Waals surface area contributed by atoms with Crippen molar-refractivity contribution in [3.8, 4) is 11.3 Å². The molecule has 174 valence electrons. The van der Waals surface area contributed by atoms with E-state index in [2.05, 4.69) is 81.6 Å². The summed E-state index contributed by atoms with van der Waals surface area (Å²) in [4.78, 5) is 15.1. The Morgan fingerprint density at radius 3 is 2.76 bits per heavy atom. The Labute approximate surface area is 203 Å². The highest BCUT2D eigenvalue weighted by molar-refractivity contribution is 7.07. The number of fused-ring (bicyclic) bond motifs is 2. The second-order valence-corrected chi connectivity index (χ2v) is 10.6. The number of thiazole rings is 1. The van der Waals surface area contributed by atoms with Gasteiger partial charge >= 0.3 is 0 Å². The number of pyridine rings is 1. The van der Waals surface area contributed by atoms with Crippen LogP contribution in [0.3, 0.4) is 0 Å². The monoisotopic (exact) mass is 470 g/mol. The molecule has 0 atom stereocenters. The molecule has 1 N–H and O–H groups in total. The summed E-state index contributed by atoms with van der Waals surface area (Å²) in [6, 6.07) is 9.29. The first-order valence-corrected chi connectivity index (χ1v) is 13.1. The first-order chi connectivity index (χ1) is 16.6. The predicted octanol–water partition coefficient (Wildman–Crippen LogP) is 6.15. The fraction of sp³-hybridized carbons (Fsp3) is 0.370. The summed E-state index contributed by atoms with van der Waals surface area (Å²) >= 11 is 1.68. The summed E-state index contributed by atoms with van der Waals surface area (Å²) in [5.74, 6) is 1.02. The highest BCUT2D eigenvalue weighted by atomic mass is 32.1. The predicted molar refractivity (Wildman–Crippen MR) is 138 cm³/mol. The van der Waals surface area contributed by atoms with Gasteiger partial charge in [-0.3, -0.25) is 4.90 Å². The highest BCUT2D eigenvalue weighted by Crippen LogP contribution is 2.38. The second kappa shape index (κ2) is 8.64. The maximum absolute atomic E-state index is 4.46. The van der Waals surface area contributed by atoms with Gasteiger partial charge in [0.2, 0.25) is 0 Å². The molecular formula is C27H30N6S. The van der Waals surface area contributed by atoms with Gasteiger partial charge in [0.1, 0.15) is 6.33 Å². The smallest absolute Gasteiger partial charge is 0.158 e. The molecule has 1 aliphatic heterocycles. The highest BCUT2D eigenvalue weighted by Gasteiger charge is 2.23. The fourth-order valence-corrected chi connectivity index (χ4v) is 6.06. The van der Waals surface area contributed by atoms with Crippen LogP contribution in [0.15, 0.2) is 47.7 Å². The van der Waals surface area contributed by atoms with E-state index in [9.17, 15) is 0 Å². The molecule has 6 nitrogen and oxygen atoms in total. The molecule has 1 aromatic carbocycles. The molecule has 1 saturated heterocycles. The topological polar surface area (TPSA) is 62.1 Å². The van der Waals surface area contributed by atoms with Crippen LogP contribution in [-0.2, 0) is 6.54 Å². The van der Waals surface area contributed by atoms with Crippen molar-refractivity contribution in [3.05, 3.63) is 70.1 Å². The lowest BCUT2D eigenvalue weighted by Crippen LogP contribution is -2.32. The maximum Gasteiger partial charge on any atom is 0.158 e. The van der Waals surface area contributed by atoms with Crippen molar-refractivity contribution in [2.45, 2.75) is 52.0 Å². The zero-order valence-corrected chi connectivity index (χ0v) is 20.8. The number of H-pyrrole nitrogens is 1. The SMILES string of the molecule is Cc1cc(-c2[nH]c3ccc(C4CCN(Cc5cscn5)CC4)cc3c2C(C)C)cn2ncnc12. The number of hydrogen-bond acceptors (Lipinski definition) is 5. The van der Waals surface area contributed by atoms with E-state index >= 15 is 0 Å². The number of piperidine rings is 1. The van der Waals surface area contributed by atoms with E-state index in [0.717, 1.165) is 36.4 Å². The molecule has 0 radical (unpaired) electrons. The number of aromatic nitrogens is 5. The third kappa shape index (κ3) is 3.83. The maximum atomic E-state index is 4.46. The first kappa shape index (κ1) is 21.5. The number of benzene rings is 1. The van der Waals surface area contributed by atoms with Crippen molar-refractivity contribution in [1.29, 1.82) is 0 Å². The molecular weight excluding hydrogens is 440 g/mol.